The summed E-state index contributed by atoms with van der Waals surface area (Å²) in [6.07, 6.45) is 2.99. The highest BCUT2D eigenvalue weighted by molar-refractivity contribution is 5.88. The zero-order valence-electron chi connectivity index (χ0n) is 16.6. The van der Waals surface area contributed by atoms with Gasteiger partial charge in [-0.2, -0.15) is 0 Å². The predicted molar refractivity (Wildman–Crippen MR) is 112 cm³/mol. The number of nitrogens with one attached hydrogen (secondary N) is 2. The van der Waals surface area contributed by atoms with Gasteiger partial charge in [0.2, 0.25) is 5.91 Å². The third kappa shape index (κ3) is 4.63. The number of aryl methyl sites for hydroxylation is 1. The molecule has 1 amide bonds. The number of hydrogen-bond acceptors (Lipinski definition) is 4. The molecule has 0 aliphatic carbocycles. The van der Waals surface area contributed by atoms with Crippen molar-refractivity contribution in [2.75, 3.05) is 20.3 Å². The van der Waals surface area contributed by atoms with Gasteiger partial charge in [-0.1, -0.05) is 37.3 Å². The summed E-state index contributed by atoms with van der Waals surface area (Å²) in [6.45, 7) is 2.95. The SMILES string of the molecule is CCc1cccc2c([C@@H](CC(=O)NCCOC)c3cccc([N+](=O)[O-])c3)c[nH]c12. The number of fused-ring (bicyclic) bond motifs is 1. The molecule has 0 saturated carbocycles. The molecule has 7 heteroatoms. The number of methoxy groups -OCH3 is 1. The summed E-state index contributed by atoms with van der Waals surface area (Å²) in [7, 11) is 1.58. The number of nitrogens with zero attached hydrogens (tertiary/aromatic N) is 1. The molecule has 0 saturated heterocycles. The minimum atomic E-state index is -0.413. The monoisotopic (exact) mass is 395 g/mol. The van der Waals surface area contributed by atoms with E-state index in [4.69, 9.17) is 4.74 Å². The average molecular weight is 395 g/mol. The molecular formula is C22H25N3O4. The first-order valence-electron chi connectivity index (χ1n) is 9.64. The molecule has 3 rings (SSSR count). The standard InChI is InChI=1S/C22H25N3O4/c1-3-15-6-5-9-18-20(14-24-22(15)18)19(13-21(26)23-10-11-29-2)16-7-4-8-17(12-16)25(27)28/h4-9,12,14,19,24H,3,10-11,13H2,1-2H3,(H,23,26)/t19-/m0/s1. The van der Waals surface area contributed by atoms with Crippen LogP contribution < -0.4 is 5.32 Å². The summed E-state index contributed by atoms with van der Waals surface area (Å²) in [5, 5.41) is 15.1. The van der Waals surface area contributed by atoms with Gasteiger partial charge in [0, 0.05) is 55.2 Å². The van der Waals surface area contributed by atoms with Gasteiger partial charge >= 0.3 is 0 Å². The zero-order chi connectivity index (χ0) is 20.8. The van der Waals surface area contributed by atoms with Crippen LogP contribution in [0.1, 0.15) is 36.0 Å². The van der Waals surface area contributed by atoms with Gasteiger partial charge in [0.25, 0.3) is 5.69 Å². The van der Waals surface area contributed by atoms with Gasteiger partial charge in [-0.3, -0.25) is 14.9 Å². The Morgan fingerprint density at radius 1 is 1.28 bits per heavy atom. The second-order valence-electron chi connectivity index (χ2n) is 6.89. The lowest BCUT2D eigenvalue weighted by atomic mass is 9.87. The minimum Gasteiger partial charge on any atom is -0.383 e. The van der Waals surface area contributed by atoms with Crippen molar-refractivity contribution < 1.29 is 14.5 Å². The molecule has 0 aliphatic heterocycles. The quantitative estimate of drug-likeness (QED) is 0.326. The number of hydrogen-bond donors (Lipinski definition) is 2. The molecule has 0 unspecified atom stereocenters. The highest BCUT2D eigenvalue weighted by atomic mass is 16.6. The normalized spacial score (nSPS) is 12.1. The molecule has 0 bridgehead atoms. The van der Waals surface area contributed by atoms with Crippen LogP contribution in [0, 0.1) is 10.1 Å². The van der Waals surface area contributed by atoms with Crippen molar-refractivity contribution in [1.29, 1.82) is 0 Å². The number of nitro groups is 1. The number of H-pyrrole nitrogens is 1. The second kappa shape index (κ2) is 9.34. The fourth-order valence-electron chi connectivity index (χ4n) is 3.63. The van der Waals surface area contributed by atoms with E-state index in [1.807, 2.05) is 24.4 Å². The lowest BCUT2D eigenvalue weighted by Crippen LogP contribution is -2.28. The molecule has 7 nitrogen and oxygen atoms in total. The highest BCUT2D eigenvalue weighted by Crippen LogP contribution is 2.35. The fraction of sp³-hybridized carbons (Fsp3) is 0.318. The summed E-state index contributed by atoms with van der Waals surface area (Å²) in [6, 6.07) is 12.6. The van der Waals surface area contributed by atoms with Crippen LogP contribution >= 0.6 is 0 Å². The topological polar surface area (TPSA) is 97.3 Å². The first-order valence-corrected chi connectivity index (χ1v) is 9.64. The van der Waals surface area contributed by atoms with Gasteiger partial charge in [-0.05, 0) is 23.1 Å². The smallest absolute Gasteiger partial charge is 0.269 e. The fourth-order valence-corrected chi connectivity index (χ4v) is 3.63. The Morgan fingerprint density at radius 3 is 2.79 bits per heavy atom. The van der Waals surface area contributed by atoms with Crippen LogP contribution in [0.15, 0.2) is 48.7 Å². The molecular weight excluding hydrogens is 370 g/mol. The third-order valence-corrected chi connectivity index (χ3v) is 5.09. The number of carbonyl (C=O) groups is 1. The molecule has 0 fully saturated rings. The Labute approximate surface area is 169 Å². The van der Waals surface area contributed by atoms with Gasteiger partial charge in [-0.15, -0.1) is 0 Å². The van der Waals surface area contributed by atoms with Crippen molar-refractivity contribution in [1.82, 2.24) is 10.3 Å². The molecule has 1 aromatic heterocycles. The van der Waals surface area contributed by atoms with E-state index >= 15 is 0 Å². The third-order valence-electron chi connectivity index (χ3n) is 5.09. The van der Waals surface area contributed by atoms with Crippen molar-refractivity contribution in [2.45, 2.75) is 25.7 Å². The lowest BCUT2D eigenvalue weighted by molar-refractivity contribution is -0.384. The van der Waals surface area contributed by atoms with Gasteiger partial charge in [0.1, 0.15) is 0 Å². The number of rotatable bonds is 9. The summed E-state index contributed by atoms with van der Waals surface area (Å²) in [5.74, 6) is -0.433. The van der Waals surface area contributed by atoms with Crippen LogP contribution in [0.3, 0.4) is 0 Å². The van der Waals surface area contributed by atoms with E-state index in [9.17, 15) is 14.9 Å². The van der Waals surface area contributed by atoms with Gasteiger partial charge < -0.3 is 15.0 Å². The number of aromatic amines is 1. The summed E-state index contributed by atoms with van der Waals surface area (Å²) in [4.78, 5) is 26.7. The predicted octanol–water partition coefficient (Wildman–Crippen LogP) is 3.92. The van der Waals surface area contributed by atoms with Crippen molar-refractivity contribution >= 4 is 22.5 Å². The van der Waals surface area contributed by atoms with E-state index in [0.717, 1.165) is 28.5 Å². The summed E-state index contributed by atoms with van der Waals surface area (Å²) in [5.41, 5.74) is 3.94. The number of ether oxygens (including phenoxy) is 1. The molecule has 2 N–H and O–H groups in total. The Bertz CT molecular complexity index is 1010. The van der Waals surface area contributed by atoms with E-state index < -0.39 is 4.92 Å². The largest absolute Gasteiger partial charge is 0.383 e. The van der Waals surface area contributed by atoms with Crippen molar-refractivity contribution in [3.63, 3.8) is 0 Å². The van der Waals surface area contributed by atoms with E-state index in [2.05, 4.69) is 23.3 Å². The number of non-ortho nitro benzene ring substituents is 1. The molecule has 29 heavy (non-hydrogen) atoms. The van der Waals surface area contributed by atoms with E-state index in [0.29, 0.717) is 13.2 Å². The molecule has 152 valence electrons. The zero-order valence-corrected chi connectivity index (χ0v) is 16.6. The van der Waals surface area contributed by atoms with Crippen LogP contribution in [0.2, 0.25) is 0 Å². The van der Waals surface area contributed by atoms with Crippen molar-refractivity contribution in [2.24, 2.45) is 0 Å². The molecule has 3 aromatic rings. The Kier molecular flexibility index (Phi) is 6.61. The van der Waals surface area contributed by atoms with Crippen LogP contribution in [0.5, 0.6) is 0 Å². The van der Waals surface area contributed by atoms with E-state index in [1.54, 1.807) is 19.2 Å². The minimum absolute atomic E-state index is 0.0152. The van der Waals surface area contributed by atoms with Gasteiger partial charge in [0.05, 0.1) is 11.5 Å². The first-order chi connectivity index (χ1) is 14.0. The lowest BCUT2D eigenvalue weighted by Gasteiger charge is -2.17. The molecule has 0 spiro atoms. The Morgan fingerprint density at radius 2 is 2.07 bits per heavy atom. The first kappa shape index (κ1) is 20.5. The average Bonchev–Trinajstić information content (AvgIpc) is 3.16. The van der Waals surface area contributed by atoms with Crippen molar-refractivity contribution in [3.8, 4) is 0 Å². The number of carbonyl (C=O) groups excluding carboxylic acids is 1. The van der Waals surface area contributed by atoms with Gasteiger partial charge in [-0.25, -0.2) is 0 Å². The summed E-state index contributed by atoms with van der Waals surface area (Å²) < 4.78 is 4.98. The van der Waals surface area contributed by atoms with Crippen LogP contribution in [-0.4, -0.2) is 36.1 Å². The molecule has 0 radical (unpaired) electrons. The molecule has 0 aliphatic rings. The summed E-state index contributed by atoms with van der Waals surface area (Å²) >= 11 is 0. The van der Waals surface area contributed by atoms with Crippen molar-refractivity contribution in [3.05, 3.63) is 75.5 Å². The molecule has 1 atom stereocenters. The number of aromatic nitrogens is 1. The number of benzene rings is 2. The number of nitro benzene ring substituents is 1. The van der Waals surface area contributed by atoms with E-state index in [1.165, 1.54) is 11.6 Å². The Balaban J connectivity index is 2.03. The van der Waals surface area contributed by atoms with Crippen LogP contribution in [-0.2, 0) is 16.0 Å². The molecule has 2 aromatic carbocycles. The Hall–Kier alpha value is -3.19. The number of amides is 1. The van der Waals surface area contributed by atoms with Gasteiger partial charge in [0.15, 0.2) is 0 Å². The van der Waals surface area contributed by atoms with Crippen LogP contribution in [0.25, 0.3) is 10.9 Å². The highest BCUT2D eigenvalue weighted by Gasteiger charge is 2.23. The maximum absolute atomic E-state index is 12.6. The van der Waals surface area contributed by atoms with E-state index in [-0.39, 0.29) is 23.9 Å². The maximum Gasteiger partial charge on any atom is 0.269 e. The van der Waals surface area contributed by atoms with Crippen LogP contribution in [0.4, 0.5) is 5.69 Å². The second-order valence-corrected chi connectivity index (χ2v) is 6.89. The molecule has 1 heterocycles. The maximum atomic E-state index is 12.6. The number of para-hydroxylation sites is 1.